The van der Waals surface area contributed by atoms with Gasteiger partial charge in [-0.05, 0) is 30.0 Å². The van der Waals surface area contributed by atoms with Crippen molar-refractivity contribution < 1.29 is 9.53 Å². The minimum absolute atomic E-state index is 0. The molecular formula is C19H21Cl2N3O2S2. The predicted octanol–water partition coefficient (Wildman–Crippen LogP) is 4.80. The summed E-state index contributed by atoms with van der Waals surface area (Å²) in [5, 5.41) is 3.25. The summed E-state index contributed by atoms with van der Waals surface area (Å²) in [4.78, 5) is 22.7. The molecule has 0 bridgehead atoms. The van der Waals surface area contributed by atoms with Crippen LogP contribution in [0.3, 0.4) is 0 Å². The van der Waals surface area contributed by atoms with Gasteiger partial charge in [0.05, 0.1) is 27.8 Å². The number of carbonyl (C=O) groups is 1. The summed E-state index contributed by atoms with van der Waals surface area (Å²) in [5.41, 5.74) is 0.760. The van der Waals surface area contributed by atoms with Crippen LogP contribution in [0.15, 0.2) is 35.7 Å². The van der Waals surface area contributed by atoms with Crippen molar-refractivity contribution in [2.24, 2.45) is 0 Å². The Morgan fingerprint density at radius 1 is 1.25 bits per heavy atom. The molecule has 1 amide bonds. The van der Waals surface area contributed by atoms with Crippen LogP contribution in [0.25, 0.3) is 10.2 Å². The fourth-order valence-electron chi connectivity index (χ4n) is 3.11. The van der Waals surface area contributed by atoms with E-state index in [0.29, 0.717) is 16.7 Å². The van der Waals surface area contributed by atoms with E-state index in [1.54, 1.807) is 4.90 Å². The van der Waals surface area contributed by atoms with Crippen molar-refractivity contribution in [2.45, 2.75) is 6.42 Å². The molecule has 0 spiro atoms. The Bertz CT molecular complexity index is 911. The zero-order valence-corrected chi connectivity index (χ0v) is 18.4. The monoisotopic (exact) mass is 457 g/mol. The number of anilines is 1. The summed E-state index contributed by atoms with van der Waals surface area (Å²) >= 11 is 9.25. The first kappa shape index (κ1) is 21.5. The molecule has 150 valence electrons. The van der Waals surface area contributed by atoms with Gasteiger partial charge in [0.1, 0.15) is 5.52 Å². The number of carbonyl (C=O) groups excluding carboxylic acids is 1. The van der Waals surface area contributed by atoms with Gasteiger partial charge in [-0.2, -0.15) is 0 Å². The van der Waals surface area contributed by atoms with Crippen molar-refractivity contribution in [3.05, 3.63) is 45.6 Å². The second-order valence-corrected chi connectivity index (χ2v) is 8.69. The van der Waals surface area contributed by atoms with Crippen molar-refractivity contribution in [1.82, 2.24) is 9.88 Å². The zero-order valence-electron chi connectivity index (χ0n) is 15.2. The van der Waals surface area contributed by atoms with Gasteiger partial charge in [-0.3, -0.25) is 14.6 Å². The summed E-state index contributed by atoms with van der Waals surface area (Å²) < 4.78 is 6.40. The van der Waals surface area contributed by atoms with Gasteiger partial charge in [0, 0.05) is 26.2 Å². The van der Waals surface area contributed by atoms with Gasteiger partial charge in [0.15, 0.2) is 5.13 Å². The number of halogens is 2. The number of aromatic nitrogens is 1. The molecule has 0 radical (unpaired) electrons. The highest BCUT2D eigenvalue weighted by molar-refractivity contribution is 7.22. The third-order valence-corrected chi connectivity index (χ3v) is 6.73. The second kappa shape index (κ2) is 10.0. The Kier molecular flexibility index (Phi) is 7.68. The first-order chi connectivity index (χ1) is 13.2. The van der Waals surface area contributed by atoms with E-state index in [1.807, 2.05) is 35.7 Å². The van der Waals surface area contributed by atoms with Crippen molar-refractivity contribution in [3.63, 3.8) is 0 Å². The maximum atomic E-state index is 13.1. The van der Waals surface area contributed by atoms with E-state index in [-0.39, 0.29) is 18.3 Å². The molecule has 0 unspecified atom stereocenters. The number of fused-ring (bicyclic) bond motifs is 1. The van der Waals surface area contributed by atoms with Gasteiger partial charge >= 0.3 is 0 Å². The van der Waals surface area contributed by atoms with Crippen molar-refractivity contribution >= 4 is 67.9 Å². The van der Waals surface area contributed by atoms with Gasteiger partial charge in [-0.15, -0.1) is 23.7 Å². The van der Waals surface area contributed by atoms with Crippen LogP contribution in [0.1, 0.15) is 16.1 Å². The van der Waals surface area contributed by atoms with E-state index < -0.39 is 0 Å². The molecule has 1 fully saturated rings. The third-order valence-electron chi connectivity index (χ3n) is 4.53. The van der Waals surface area contributed by atoms with Crippen LogP contribution in [-0.4, -0.2) is 55.2 Å². The molecular weight excluding hydrogens is 437 g/mol. The summed E-state index contributed by atoms with van der Waals surface area (Å²) in [6.45, 7) is 5.06. The lowest BCUT2D eigenvalue weighted by atomic mass is 10.3. The fourth-order valence-corrected chi connectivity index (χ4v) is 5.07. The van der Waals surface area contributed by atoms with Gasteiger partial charge in [-0.1, -0.05) is 35.1 Å². The summed E-state index contributed by atoms with van der Waals surface area (Å²) in [5.74, 6) is 0.00200. The smallest absolute Gasteiger partial charge is 0.270 e. The molecule has 2 aromatic heterocycles. The molecule has 9 heteroatoms. The maximum Gasteiger partial charge on any atom is 0.270 e. The van der Waals surface area contributed by atoms with E-state index in [1.165, 1.54) is 22.7 Å². The highest BCUT2D eigenvalue weighted by Crippen LogP contribution is 2.33. The average molecular weight is 458 g/mol. The minimum Gasteiger partial charge on any atom is -0.379 e. The Hall–Kier alpha value is -1.22. The van der Waals surface area contributed by atoms with Crippen molar-refractivity contribution in [3.8, 4) is 0 Å². The van der Waals surface area contributed by atoms with Crippen LogP contribution in [0.4, 0.5) is 5.13 Å². The molecule has 1 aliphatic heterocycles. The molecule has 1 aromatic carbocycles. The number of hydrogen-bond donors (Lipinski definition) is 0. The maximum absolute atomic E-state index is 13.1. The van der Waals surface area contributed by atoms with Crippen LogP contribution in [0.5, 0.6) is 0 Å². The number of para-hydroxylation sites is 1. The Balaban J connectivity index is 0.00000225. The molecule has 0 aliphatic carbocycles. The largest absolute Gasteiger partial charge is 0.379 e. The number of amides is 1. The number of hydrogen-bond acceptors (Lipinski definition) is 6. The minimum atomic E-state index is 0. The third kappa shape index (κ3) is 4.84. The molecule has 1 saturated heterocycles. The first-order valence-corrected chi connectivity index (χ1v) is 11.0. The normalized spacial score (nSPS) is 14.8. The topological polar surface area (TPSA) is 45.7 Å². The number of ether oxygens (including phenoxy) is 1. The van der Waals surface area contributed by atoms with Gasteiger partial charge < -0.3 is 4.74 Å². The quantitative estimate of drug-likeness (QED) is 0.532. The van der Waals surface area contributed by atoms with Gasteiger partial charge in [-0.25, -0.2) is 4.98 Å². The molecule has 4 rings (SSSR count). The molecule has 1 aliphatic rings. The zero-order chi connectivity index (χ0) is 18.6. The number of morpholine rings is 1. The molecule has 0 saturated carbocycles. The molecule has 3 aromatic rings. The summed E-state index contributed by atoms with van der Waals surface area (Å²) in [6.07, 6.45) is 0.890. The summed E-state index contributed by atoms with van der Waals surface area (Å²) in [7, 11) is 0. The molecule has 0 atom stereocenters. The van der Waals surface area contributed by atoms with Crippen LogP contribution in [-0.2, 0) is 4.74 Å². The predicted molar refractivity (Wildman–Crippen MR) is 120 cm³/mol. The highest BCUT2D eigenvalue weighted by atomic mass is 35.5. The Labute approximate surface area is 183 Å². The van der Waals surface area contributed by atoms with E-state index >= 15 is 0 Å². The number of nitrogens with zero attached hydrogens (tertiary/aromatic N) is 3. The molecule has 5 nitrogen and oxygen atoms in total. The number of thiophene rings is 1. The Morgan fingerprint density at radius 3 is 2.79 bits per heavy atom. The van der Waals surface area contributed by atoms with E-state index in [4.69, 9.17) is 16.3 Å². The molecule has 3 heterocycles. The van der Waals surface area contributed by atoms with E-state index in [9.17, 15) is 4.79 Å². The van der Waals surface area contributed by atoms with E-state index in [0.717, 1.165) is 54.4 Å². The van der Waals surface area contributed by atoms with Crippen LogP contribution < -0.4 is 4.90 Å². The standard InChI is InChI=1S/C19H20ClN3O2S2.ClH/c20-14-4-1-5-15-17(14)21-19(27-15)23(18(24)16-6-2-13-26-16)8-3-7-22-9-11-25-12-10-22;/h1-2,4-6,13H,3,7-12H2;1H. The number of thiazole rings is 1. The highest BCUT2D eigenvalue weighted by Gasteiger charge is 2.23. The first-order valence-electron chi connectivity index (χ1n) is 8.93. The number of benzene rings is 1. The SMILES string of the molecule is Cl.O=C(c1cccs1)N(CCCN1CCOCC1)c1nc2c(Cl)cccc2s1. The Morgan fingerprint density at radius 2 is 2.07 bits per heavy atom. The van der Waals surface area contributed by atoms with Gasteiger partial charge in [0.2, 0.25) is 0 Å². The summed E-state index contributed by atoms with van der Waals surface area (Å²) in [6, 6.07) is 9.50. The fraction of sp³-hybridized carbons (Fsp3) is 0.368. The van der Waals surface area contributed by atoms with Crippen LogP contribution >= 0.6 is 46.7 Å². The molecule has 28 heavy (non-hydrogen) atoms. The van der Waals surface area contributed by atoms with E-state index in [2.05, 4.69) is 9.88 Å². The lowest BCUT2D eigenvalue weighted by Gasteiger charge is -2.27. The number of rotatable bonds is 6. The molecule has 0 N–H and O–H groups in total. The van der Waals surface area contributed by atoms with Crippen molar-refractivity contribution in [1.29, 1.82) is 0 Å². The van der Waals surface area contributed by atoms with Crippen LogP contribution in [0.2, 0.25) is 5.02 Å². The second-order valence-electron chi connectivity index (χ2n) is 6.32. The van der Waals surface area contributed by atoms with Gasteiger partial charge in [0.25, 0.3) is 5.91 Å². The van der Waals surface area contributed by atoms with Crippen molar-refractivity contribution in [2.75, 3.05) is 44.3 Å². The lowest BCUT2D eigenvalue weighted by Crippen LogP contribution is -2.39. The average Bonchev–Trinajstić information content (AvgIpc) is 3.36. The van der Waals surface area contributed by atoms with Crippen LogP contribution in [0, 0.1) is 0 Å². The lowest BCUT2D eigenvalue weighted by molar-refractivity contribution is 0.0376.